The molecule has 6 heteroatoms. The van der Waals surface area contributed by atoms with Gasteiger partial charge in [-0.1, -0.05) is 11.6 Å². The van der Waals surface area contributed by atoms with Crippen molar-refractivity contribution in [3.63, 3.8) is 0 Å². The second kappa shape index (κ2) is 4.27. The van der Waals surface area contributed by atoms with E-state index in [0.29, 0.717) is 16.6 Å². The van der Waals surface area contributed by atoms with Crippen LogP contribution in [0.25, 0.3) is 11.6 Å². The van der Waals surface area contributed by atoms with Gasteiger partial charge in [0.15, 0.2) is 5.69 Å². The van der Waals surface area contributed by atoms with Crippen molar-refractivity contribution in [1.29, 1.82) is 0 Å². The molecule has 2 rings (SSSR count). The third kappa shape index (κ3) is 1.96. The van der Waals surface area contributed by atoms with Gasteiger partial charge in [0.25, 0.3) is 0 Å². The van der Waals surface area contributed by atoms with Crippen molar-refractivity contribution in [1.82, 2.24) is 19.7 Å². The van der Waals surface area contributed by atoms with E-state index in [1.54, 1.807) is 10.9 Å². The van der Waals surface area contributed by atoms with E-state index in [1.807, 2.05) is 26.0 Å². The van der Waals surface area contributed by atoms with Crippen molar-refractivity contribution in [2.24, 2.45) is 7.05 Å². The van der Waals surface area contributed by atoms with E-state index in [0.717, 1.165) is 12.2 Å². The molecule has 0 aliphatic carbocycles. The van der Waals surface area contributed by atoms with E-state index < -0.39 is 0 Å². The Morgan fingerprint density at radius 1 is 1.50 bits per heavy atom. The molecular weight excluding hydrogens is 228 g/mol. The molecule has 0 aliphatic rings. The van der Waals surface area contributed by atoms with Crippen LogP contribution in [0.1, 0.15) is 5.69 Å². The fourth-order valence-electron chi connectivity index (χ4n) is 1.48. The van der Waals surface area contributed by atoms with E-state index in [1.165, 1.54) is 6.26 Å². The molecule has 0 aromatic carbocycles. The van der Waals surface area contributed by atoms with Crippen LogP contribution >= 0.6 is 11.6 Å². The van der Waals surface area contributed by atoms with E-state index in [9.17, 15) is 0 Å². The van der Waals surface area contributed by atoms with Crippen LogP contribution in [0.5, 0.6) is 0 Å². The number of hydrogen-bond donors (Lipinski definition) is 0. The maximum absolute atomic E-state index is 6.26. The first-order chi connectivity index (χ1) is 7.59. The van der Waals surface area contributed by atoms with E-state index in [4.69, 9.17) is 16.0 Å². The summed E-state index contributed by atoms with van der Waals surface area (Å²) >= 11 is 6.26. The minimum atomic E-state index is 0.450. The number of aryl methyl sites for hydroxylation is 1. The zero-order chi connectivity index (χ0) is 11.7. The second-order valence-corrected chi connectivity index (χ2v) is 4.19. The summed E-state index contributed by atoms with van der Waals surface area (Å²) in [4.78, 5) is 6.07. The average molecular weight is 241 g/mol. The quantitative estimate of drug-likeness (QED) is 0.821. The molecule has 2 aromatic heterocycles. The molecule has 0 radical (unpaired) electrons. The van der Waals surface area contributed by atoms with Crippen LogP contribution in [0.4, 0.5) is 0 Å². The predicted octanol–water partition coefficient (Wildman–Crippen LogP) is 1.79. The lowest BCUT2D eigenvalue weighted by Gasteiger charge is -2.09. The van der Waals surface area contributed by atoms with Crippen LogP contribution in [0.3, 0.4) is 0 Å². The largest absolute Gasteiger partial charge is 0.443 e. The molecule has 2 heterocycles. The zero-order valence-corrected chi connectivity index (χ0v) is 10.2. The molecule has 86 valence electrons. The van der Waals surface area contributed by atoms with Crippen LogP contribution in [-0.4, -0.2) is 33.8 Å². The number of aromatic nitrogens is 3. The van der Waals surface area contributed by atoms with Gasteiger partial charge in [0.1, 0.15) is 6.26 Å². The summed E-state index contributed by atoms with van der Waals surface area (Å²) in [6.45, 7) is 0.725. The number of oxazole rings is 1. The molecular formula is C10H13ClN4O. The van der Waals surface area contributed by atoms with Gasteiger partial charge in [-0.15, -0.1) is 0 Å². The van der Waals surface area contributed by atoms with E-state index >= 15 is 0 Å². The van der Waals surface area contributed by atoms with Crippen LogP contribution in [0.15, 0.2) is 16.9 Å². The van der Waals surface area contributed by atoms with Crippen molar-refractivity contribution < 1.29 is 4.42 Å². The van der Waals surface area contributed by atoms with Gasteiger partial charge in [0.2, 0.25) is 5.89 Å². The van der Waals surface area contributed by atoms with Crippen molar-refractivity contribution >= 4 is 11.6 Å². The summed E-state index contributed by atoms with van der Waals surface area (Å²) in [6, 6.07) is 0. The number of nitrogens with zero attached hydrogens (tertiary/aromatic N) is 4. The summed E-state index contributed by atoms with van der Waals surface area (Å²) in [6.07, 6.45) is 3.08. The van der Waals surface area contributed by atoms with Crippen molar-refractivity contribution in [3.05, 3.63) is 23.2 Å². The Kier molecular flexibility index (Phi) is 2.98. The van der Waals surface area contributed by atoms with E-state index in [-0.39, 0.29) is 0 Å². The summed E-state index contributed by atoms with van der Waals surface area (Å²) in [5, 5.41) is 4.90. The van der Waals surface area contributed by atoms with Gasteiger partial charge in [0, 0.05) is 13.6 Å². The molecule has 5 nitrogen and oxygen atoms in total. The fourth-order valence-corrected chi connectivity index (χ4v) is 1.78. The van der Waals surface area contributed by atoms with Gasteiger partial charge in [0.05, 0.1) is 16.9 Å². The van der Waals surface area contributed by atoms with Crippen molar-refractivity contribution in [3.8, 4) is 11.6 Å². The van der Waals surface area contributed by atoms with Crippen molar-refractivity contribution in [2.45, 2.75) is 6.54 Å². The molecule has 0 spiro atoms. The summed E-state index contributed by atoms with van der Waals surface area (Å²) in [5.74, 6) is 0.450. The highest BCUT2D eigenvalue weighted by molar-refractivity contribution is 6.33. The lowest BCUT2D eigenvalue weighted by atomic mass is 10.3. The lowest BCUT2D eigenvalue weighted by molar-refractivity contribution is 0.387. The fraction of sp³-hybridized carbons (Fsp3) is 0.400. The van der Waals surface area contributed by atoms with Crippen LogP contribution in [-0.2, 0) is 13.6 Å². The SMILES string of the molecule is CN(C)Cc1c(Cl)c(-c2ncco2)nn1C. The Morgan fingerprint density at radius 2 is 2.25 bits per heavy atom. The van der Waals surface area contributed by atoms with Gasteiger partial charge in [-0.25, -0.2) is 4.98 Å². The second-order valence-electron chi connectivity index (χ2n) is 3.81. The Bertz CT molecular complexity index is 475. The minimum Gasteiger partial charge on any atom is -0.443 e. The first kappa shape index (κ1) is 11.2. The van der Waals surface area contributed by atoms with Crippen LogP contribution in [0.2, 0.25) is 5.02 Å². The molecule has 0 aliphatic heterocycles. The van der Waals surface area contributed by atoms with Crippen LogP contribution in [0, 0.1) is 0 Å². The summed E-state index contributed by atoms with van der Waals surface area (Å²) in [5.41, 5.74) is 1.53. The average Bonchev–Trinajstić information content (AvgIpc) is 2.80. The van der Waals surface area contributed by atoms with Gasteiger partial charge in [-0.3, -0.25) is 4.68 Å². The Hall–Kier alpha value is -1.33. The molecule has 0 bridgehead atoms. The molecule has 0 amide bonds. The van der Waals surface area contributed by atoms with Crippen molar-refractivity contribution in [2.75, 3.05) is 14.1 Å². The van der Waals surface area contributed by atoms with Crippen LogP contribution < -0.4 is 0 Å². The van der Waals surface area contributed by atoms with E-state index in [2.05, 4.69) is 10.1 Å². The highest BCUT2D eigenvalue weighted by atomic mass is 35.5. The first-order valence-electron chi connectivity index (χ1n) is 4.85. The third-order valence-corrected chi connectivity index (χ3v) is 2.60. The normalized spacial score (nSPS) is 11.3. The minimum absolute atomic E-state index is 0.450. The molecule has 0 saturated carbocycles. The topological polar surface area (TPSA) is 47.1 Å². The molecule has 0 fully saturated rings. The maximum Gasteiger partial charge on any atom is 0.248 e. The number of halogens is 1. The number of hydrogen-bond acceptors (Lipinski definition) is 4. The predicted molar refractivity (Wildman–Crippen MR) is 61.1 cm³/mol. The smallest absolute Gasteiger partial charge is 0.248 e. The first-order valence-corrected chi connectivity index (χ1v) is 5.23. The zero-order valence-electron chi connectivity index (χ0n) is 9.44. The molecule has 0 saturated heterocycles. The highest BCUT2D eigenvalue weighted by Gasteiger charge is 2.18. The summed E-state index contributed by atoms with van der Waals surface area (Å²) in [7, 11) is 5.82. The standard InChI is InChI=1S/C10H13ClN4O/c1-14(2)6-7-8(11)9(13-15(7)3)10-12-4-5-16-10/h4-5H,6H2,1-3H3. The molecule has 0 atom stereocenters. The Balaban J connectivity index is 2.43. The molecule has 16 heavy (non-hydrogen) atoms. The Labute approximate surface area is 98.6 Å². The number of rotatable bonds is 3. The lowest BCUT2D eigenvalue weighted by Crippen LogP contribution is -2.14. The molecule has 0 unspecified atom stereocenters. The van der Waals surface area contributed by atoms with Gasteiger partial charge in [-0.05, 0) is 14.1 Å². The monoisotopic (exact) mass is 240 g/mol. The summed E-state index contributed by atoms with van der Waals surface area (Å²) < 4.78 is 6.94. The Morgan fingerprint density at radius 3 is 2.81 bits per heavy atom. The van der Waals surface area contributed by atoms with Gasteiger partial charge < -0.3 is 9.32 Å². The van der Waals surface area contributed by atoms with Gasteiger partial charge >= 0.3 is 0 Å². The highest BCUT2D eigenvalue weighted by Crippen LogP contribution is 2.28. The van der Waals surface area contributed by atoms with Gasteiger partial charge in [-0.2, -0.15) is 5.10 Å². The molecule has 0 N–H and O–H groups in total. The molecule has 2 aromatic rings. The maximum atomic E-state index is 6.26. The third-order valence-electron chi connectivity index (χ3n) is 2.20.